The molecule has 0 fully saturated rings. The van der Waals surface area contributed by atoms with Crippen molar-refractivity contribution in [2.45, 2.75) is 11.7 Å². The number of aromatic nitrogens is 3. The van der Waals surface area contributed by atoms with Crippen LogP contribution in [0.2, 0.25) is 0 Å². The van der Waals surface area contributed by atoms with Crippen molar-refractivity contribution in [1.82, 2.24) is 14.5 Å². The van der Waals surface area contributed by atoms with E-state index in [2.05, 4.69) is 37.3 Å². The summed E-state index contributed by atoms with van der Waals surface area (Å²) < 4.78 is 2.48. The maximum Gasteiger partial charge on any atom is 0.258 e. The smallest absolute Gasteiger partial charge is 0.258 e. The van der Waals surface area contributed by atoms with Crippen LogP contribution in [0, 0.1) is 11.3 Å². The summed E-state index contributed by atoms with van der Waals surface area (Å²) in [5.74, 6) is 0.882. The van der Waals surface area contributed by atoms with E-state index in [1.54, 1.807) is 23.9 Å². The summed E-state index contributed by atoms with van der Waals surface area (Å²) in [6, 6.07) is 5.42. The SMILES string of the molecule is N#Cc1c(NC(=O)c2ccc(Br)nc2)nc2n1CCS2. The van der Waals surface area contributed by atoms with Crippen molar-refractivity contribution in [3.63, 3.8) is 0 Å². The average Bonchev–Trinajstić information content (AvgIpc) is 2.99. The van der Waals surface area contributed by atoms with Gasteiger partial charge >= 0.3 is 0 Å². The predicted octanol–water partition coefficient (Wildman–Crippen LogP) is 2.27. The molecule has 0 saturated heterocycles. The molecule has 0 radical (unpaired) electrons. The third-order valence-corrected chi connectivity index (χ3v) is 4.23. The molecule has 8 heteroatoms. The van der Waals surface area contributed by atoms with E-state index < -0.39 is 0 Å². The zero-order valence-electron chi connectivity index (χ0n) is 10.1. The van der Waals surface area contributed by atoms with Gasteiger partial charge in [0.25, 0.3) is 5.91 Å². The molecule has 0 aromatic carbocycles. The Morgan fingerprint density at radius 2 is 2.40 bits per heavy atom. The maximum atomic E-state index is 12.1. The molecular weight excluding hydrogens is 342 g/mol. The summed E-state index contributed by atoms with van der Waals surface area (Å²) in [4.78, 5) is 20.4. The number of pyridine rings is 1. The first kappa shape index (κ1) is 13.1. The third kappa shape index (κ3) is 2.30. The number of carbonyl (C=O) groups is 1. The minimum Gasteiger partial charge on any atom is -0.308 e. The van der Waals surface area contributed by atoms with E-state index in [-0.39, 0.29) is 5.91 Å². The molecule has 2 aromatic heterocycles. The van der Waals surface area contributed by atoms with Crippen LogP contribution in [0.15, 0.2) is 28.1 Å². The van der Waals surface area contributed by atoms with Gasteiger partial charge in [-0.15, -0.1) is 0 Å². The summed E-state index contributed by atoms with van der Waals surface area (Å²) in [6.45, 7) is 0.742. The van der Waals surface area contributed by atoms with Gasteiger partial charge < -0.3 is 9.88 Å². The number of rotatable bonds is 2. The fourth-order valence-electron chi connectivity index (χ4n) is 1.87. The molecule has 2 aromatic rings. The van der Waals surface area contributed by atoms with Crippen molar-refractivity contribution in [1.29, 1.82) is 5.26 Å². The largest absolute Gasteiger partial charge is 0.308 e. The second-order valence-electron chi connectivity index (χ2n) is 4.03. The molecule has 0 spiro atoms. The standard InChI is InChI=1S/C12H8BrN5OS/c13-9-2-1-7(6-15-9)11(19)16-10-8(5-14)18-3-4-20-12(18)17-10/h1-2,6H,3-4H2,(H,16,19). The van der Waals surface area contributed by atoms with Gasteiger partial charge in [-0.05, 0) is 28.1 Å². The van der Waals surface area contributed by atoms with Gasteiger partial charge in [0.1, 0.15) is 10.7 Å². The molecule has 20 heavy (non-hydrogen) atoms. The number of fused-ring (bicyclic) bond motifs is 1. The monoisotopic (exact) mass is 349 g/mol. The molecule has 6 nitrogen and oxygen atoms in total. The van der Waals surface area contributed by atoms with E-state index >= 15 is 0 Å². The summed E-state index contributed by atoms with van der Waals surface area (Å²) in [7, 11) is 0. The number of carbonyl (C=O) groups excluding carboxylic acids is 1. The minimum atomic E-state index is -0.330. The number of hydrogen-bond donors (Lipinski definition) is 1. The van der Waals surface area contributed by atoms with Gasteiger partial charge in [-0.1, -0.05) is 11.8 Å². The third-order valence-electron chi connectivity index (χ3n) is 2.81. The van der Waals surface area contributed by atoms with Crippen molar-refractivity contribution < 1.29 is 4.79 Å². The Labute approximate surface area is 127 Å². The Hall–Kier alpha value is -1.85. The van der Waals surface area contributed by atoms with Gasteiger partial charge in [0, 0.05) is 18.5 Å². The molecule has 1 N–H and O–H groups in total. The second-order valence-corrected chi connectivity index (χ2v) is 5.90. The molecular formula is C12H8BrN5OS. The molecule has 0 atom stereocenters. The molecule has 1 aliphatic rings. The van der Waals surface area contributed by atoms with Gasteiger partial charge in [0.05, 0.1) is 5.56 Å². The Morgan fingerprint density at radius 1 is 1.55 bits per heavy atom. The van der Waals surface area contributed by atoms with Crippen LogP contribution in [-0.2, 0) is 6.54 Å². The van der Waals surface area contributed by atoms with Crippen LogP contribution < -0.4 is 5.32 Å². The lowest BCUT2D eigenvalue weighted by molar-refractivity contribution is 0.102. The van der Waals surface area contributed by atoms with Crippen LogP contribution in [0.25, 0.3) is 0 Å². The number of nitrogens with one attached hydrogen (secondary N) is 1. The predicted molar refractivity (Wildman–Crippen MR) is 77.6 cm³/mol. The number of amides is 1. The van der Waals surface area contributed by atoms with Gasteiger partial charge in [-0.2, -0.15) is 5.26 Å². The summed E-state index contributed by atoms with van der Waals surface area (Å²) in [5.41, 5.74) is 0.807. The lowest BCUT2D eigenvalue weighted by Crippen LogP contribution is -2.14. The molecule has 3 rings (SSSR count). The van der Waals surface area contributed by atoms with Crippen LogP contribution in [0.3, 0.4) is 0 Å². The van der Waals surface area contributed by atoms with Gasteiger partial charge in [-0.25, -0.2) is 9.97 Å². The molecule has 100 valence electrons. The number of anilines is 1. The van der Waals surface area contributed by atoms with Crippen molar-refractivity contribution in [3.05, 3.63) is 34.2 Å². The number of imidazole rings is 1. The highest BCUT2D eigenvalue weighted by Crippen LogP contribution is 2.30. The number of halogens is 1. The molecule has 0 unspecified atom stereocenters. The Bertz CT molecular complexity index is 719. The van der Waals surface area contributed by atoms with Crippen LogP contribution in [0.5, 0.6) is 0 Å². The topological polar surface area (TPSA) is 83.6 Å². The molecule has 1 amide bonds. The van der Waals surface area contributed by atoms with Gasteiger partial charge in [0.2, 0.25) is 0 Å². The van der Waals surface area contributed by atoms with Gasteiger partial charge in [-0.3, -0.25) is 4.79 Å². The number of thioether (sulfide) groups is 1. The zero-order chi connectivity index (χ0) is 14.1. The Kier molecular flexibility index (Phi) is 3.46. The summed E-state index contributed by atoms with van der Waals surface area (Å²) >= 11 is 4.78. The first-order valence-electron chi connectivity index (χ1n) is 5.75. The molecule has 0 bridgehead atoms. The summed E-state index contributed by atoms with van der Waals surface area (Å²) in [6.07, 6.45) is 1.46. The highest BCUT2D eigenvalue weighted by molar-refractivity contribution is 9.10. The Morgan fingerprint density at radius 3 is 3.10 bits per heavy atom. The lowest BCUT2D eigenvalue weighted by Gasteiger charge is -2.03. The minimum absolute atomic E-state index is 0.308. The number of hydrogen-bond acceptors (Lipinski definition) is 5. The van der Waals surface area contributed by atoms with Crippen molar-refractivity contribution in [2.75, 3.05) is 11.1 Å². The van der Waals surface area contributed by atoms with Crippen LogP contribution in [0.4, 0.5) is 5.82 Å². The van der Waals surface area contributed by atoms with Crippen LogP contribution >= 0.6 is 27.7 Å². The lowest BCUT2D eigenvalue weighted by atomic mass is 10.2. The van der Waals surface area contributed by atoms with Crippen molar-refractivity contribution in [3.8, 4) is 6.07 Å². The fourth-order valence-corrected chi connectivity index (χ4v) is 3.05. The normalized spacial score (nSPS) is 12.8. The number of nitrogens with zero attached hydrogens (tertiary/aromatic N) is 4. The van der Waals surface area contributed by atoms with Crippen LogP contribution in [0.1, 0.15) is 16.1 Å². The van der Waals surface area contributed by atoms with Crippen LogP contribution in [-0.4, -0.2) is 26.2 Å². The van der Waals surface area contributed by atoms with Gasteiger partial charge in [0.15, 0.2) is 16.7 Å². The number of nitriles is 1. The highest BCUT2D eigenvalue weighted by atomic mass is 79.9. The Balaban J connectivity index is 1.87. The quantitative estimate of drug-likeness (QED) is 0.840. The second kappa shape index (κ2) is 5.26. The molecule has 0 saturated carbocycles. The zero-order valence-corrected chi connectivity index (χ0v) is 12.5. The first-order chi connectivity index (χ1) is 9.69. The van der Waals surface area contributed by atoms with E-state index in [0.29, 0.717) is 21.7 Å². The van der Waals surface area contributed by atoms with E-state index in [4.69, 9.17) is 0 Å². The van der Waals surface area contributed by atoms with Crippen molar-refractivity contribution >= 4 is 39.4 Å². The summed E-state index contributed by atoms with van der Waals surface area (Å²) in [5, 5.41) is 12.6. The molecule has 0 aliphatic carbocycles. The molecule has 1 aliphatic heterocycles. The van der Waals surface area contributed by atoms with Crippen molar-refractivity contribution in [2.24, 2.45) is 0 Å². The average molecular weight is 350 g/mol. The van der Waals surface area contributed by atoms with E-state index in [0.717, 1.165) is 17.5 Å². The first-order valence-corrected chi connectivity index (χ1v) is 7.53. The van der Waals surface area contributed by atoms with E-state index in [9.17, 15) is 10.1 Å². The molecule has 3 heterocycles. The van der Waals surface area contributed by atoms with E-state index in [1.807, 2.05) is 4.57 Å². The highest BCUT2D eigenvalue weighted by Gasteiger charge is 2.23. The fraction of sp³-hybridized carbons (Fsp3) is 0.167. The van der Waals surface area contributed by atoms with E-state index in [1.165, 1.54) is 6.20 Å². The maximum absolute atomic E-state index is 12.1.